The van der Waals surface area contributed by atoms with Crippen LogP contribution >= 0.6 is 0 Å². The molecule has 1 fully saturated rings. The second-order valence-corrected chi connectivity index (χ2v) is 6.43. The normalized spacial score (nSPS) is 20.6. The number of amides is 1. The molecule has 0 bridgehead atoms. The Labute approximate surface area is 135 Å². The Morgan fingerprint density at radius 2 is 2.13 bits per heavy atom. The lowest BCUT2D eigenvalue weighted by molar-refractivity contribution is 0.0730. The van der Waals surface area contributed by atoms with E-state index in [4.69, 9.17) is 4.42 Å². The van der Waals surface area contributed by atoms with E-state index in [0.29, 0.717) is 0 Å². The minimum absolute atomic E-state index is 0.0322. The number of carbonyl (C=O) groups is 1. The van der Waals surface area contributed by atoms with Crippen LogP contribution in [-0.4, -0.2) is 27.3 Å². The standard InChI is InChI=1S/C18H21N3O2/c1-12-17(13-5-2-3-7-16(13)23-12)18(22)21-10-4-6-15(21)14-11-19-8-9-20-14/h8-9,11,15H,2-7,10H2,1H3. The molecule has 2 aliphatic rings. The molecule has 5 nitrogen and oxygen atoms in total. The molecule has 5 heteroatoms. The Bertz CT molecular complexity index is 723. The molecular formula is C18H21N3O2. The average Bonchev–Trinajstić information content (AvgIpc) is 3.18. The van der Waals surface area contributed by atoms with Crippen molar-refractivity contribution in [2.45, 2.75) is 51.5 Å². The number of aryl methyl sites for hydroxylation is 2. The highest BCUT2D eigenvalue weighted by Crippen LogP contribution is 2.35. The van der Waals surface area contributed by atoms with Crippen LogP contribution in [0.3, 0.4) is 0 Å². The van der Waals surface area contributed by atoms with Crippen molar-refractivity contribution in [2.24, 2.45) is 0 Å². The van der Waals surface area contributed by atoms with Crippen molar-refractivity contribution in [1.29, 1.82) is 0 Å². The Morgan fingerprint density at radius 3 is 2.96 bits per heavy atom. The van der Waals surface area contributed by atoms with E-state index in [1.54, 1.807) is 18.6 Å². The van der Waals surface area contributed by atoms with Crippen molar-refractivity contribution in [2.75, 3.05) is 6.54 Å². The van der Waals surface area contributed by atoms with Crippen LogP contribution in [0.2, 0.25) is 0 Å². The zero-order valence-corrected chi connectivity index (χ0v) is 13.4. The molecule has 1 amide bonds. The molecule has 2 aromatic heterocycles. The number of carbonyl (C=O) groups excluding carboxylic acids is 1. The van der Waals surface area contributed by atoms with Gasteiger partial charge in [-0.1, -0.05) is 0 Å². The molecule has 0 spiro atoms. The highest BCUT2D eigenvalue weighted by atomic mass is 16.3. The molecule has 0 saturated carbocycles. The smallest absolute Gasteiger partial charge is 0.258 e. The van der Waals surface area contributed by atoms with Gasteiger partial charge < -0.3 is 9.32 Å². The van der Waals surface area contributed by atoms with Gasteiger partial charge in [-0.2, -0.15) is 0 Å². The van der Waals surface area contributed by atoms with E-state index in [1.165, 1.54) is 0 Å². The fraction of sp³-hybridized carbons (Fsp3) is 0.500. The van der Waals surface area contributed by atoms with Crippen molar-refractivity contribution in [3.63, 3.8) is 0 Å². The lowest BCUT2D eigenvalue weighted by Crippen LogP contribution is -2.32. The van der Waals surface area contributed by atoms with Crippen molar-refractivity contribution < 1.29 is 9.21 Å². The fourth-order valence-corrected chi connectivity index (χ4v) is 3.93. The first-order valence-electron chi connectivity index (χ1n) is 8.43. The molecular weight excluding hydrogens is 290 g/mol. The summed E-state index contributed by atoms with van der Waals surface area (Å²) in [6.45, 7) is 2.69. The summed E-state index contributed by atoms with van der Waals surface area (Å²) in [5.74, 6) is 1.89. The van der Waals surface area contributed by atoms with Crippen molar-refractivity contribution in [3.05, 3.63) is 46.9 Å². The topological polar surface area (TPSA) is 59.2 Å². The Hall–Kier alpha value is -2.17. The van der Waals surface area contributed by atoms with Crippen LogP contribution in [0.5, 0.6) is 0 Å². The first-order chi connectivity index (χ1) is 11.3. The van der Waals surface area contributed by atoms with Gasteiger partial charge in [0.2, 0.25) is 0 Å². The molecule has 1 unspecified atom stereocenters. The second-order valence-electron chi connectivity index (χ2n) is 6.43. The average molecular weight is 311 g/mol. The summed E-state index contributed by atoms with van der Waals surface area (Å²) in [4.78, 5) is 23.7. The van der Waals surface area contributed by atoms with Crippen LogP contribution in [0.1, 0.15) is 64.9 Å². The molecule has 0 aromatic carbocycles. The zero-order chi connectivity index (χ0) is 15.8. The summed E-state index contributed by atoms with van der Waals surface area (Å²) >= 11 is 0. The molecule has 0 radical (unpaired) electrons. The highest BCUT2D eigenvalue weighted by molar-refractivity contribution is 5.97. The summed E-state index contributed by atoms with van der Waals surface area (Å²) in [5.41, 5.74) is 2.83. The summed E-state index contributed by atoms with van der Waals surface area (Å²) in [5, 5.41) is 0. The monoisotopic (exact) mass is 311 g/mol. The van der Waals surface area contributed by atoms with Crippen LogP contribution in [0, 0.1) is 6.92 Å². The maximum Gasteiger partial charge on any atom is 0.258 e. The molecule has 1 aliphatic heterocycles. The fourth-order valence-electron chi connectivity index (χ4n) is 3.93. The van der Waals surface area contributed by atoms with E-state index in [1.807, 2.05) is 11.8 Å². The number of aromatic nitrogens is 2. The number of fused-ring (bicyclic) bond motifs is 1. The first-order valence-corrected chi connectivity index (χ1v) is 8.43. The lowest BCUT2D eigenvalue weighted by atomic mass is 9.94. The van der Waals surface area contributed by atoms with Crippen LogP contribution < -0.4 is 0 Å². The molecule has 2 aromatic rings. The van der Waals surface area contributed by atoms with Crippen molar-refractivity contribution in [3.8, 4) is 0 Å². The van der Waals surface area contributed by atoms with Gasteiger partial charge in [0.15, 0.2) is 0 Å². The number of likely N-dealkylation sites (tertiary alicyclic amines) is 1. The van der Waals surface area contributed by atoms with E-state index >= 15 is 0 Å². The van der Waals surface area contributed by atoms with E-state index in [2.05, 4.69) is 9.97 Å². The van der Waals surface area contributed by atoms with Crippen molar-refractivity contribution in [1.82, 2.24) is 14.9 Å². The van der Waals surface area contributed by atoms with Crippen molar-refractivity contribution >= 4 is 5.91 Å². The van der Waals surface area contributed by atoms with Gasteiger partial charge in [-0.25, -0.2) is 0 Å². The highest BCUT2D eigenvalue weighted by Gasteiger charge is 2.35. The van der Waals surface area contributed by atoms with Crippen LogP contribution in [0.15, 0.2) is 23.0 Å². The van der Waals surface area contributed by atoms with Crippen LogP contribution in [0.25, 0.3) is 0 Å². The third-order valence-corrected chi connectivity index (χ3v) is 5.00. The predicted molar refractivity (Wildman–Crippen MR) is 85.1 cm³/mol. The maximum absolute atomic E-state index is 13.2. The second kappa shape index (κ2) is 5.80. The maximum atomic E-state index is 13.2. The Morgan fingerprint density at radius 1 is 1.26 bits per heavy atom. The number of rotatable bonds is 2. The van der Waals surface area contributed by atoms with Gasteiger partial charge in [0.05, 0.1) is 23.5 Å². The molecule has 1 atom stereocenters. The number of hydrogen-bond donors (Lipinski definition) is 0. The quantitative estimate of drug-likeness (QED) is 0.854. The molecule has 120 valence electrons. The third kappa shape index (κ3) is 2.44. The van der Waals surface area contributed by atoms with Gasteiger partial charge in [0.25, 0.3) is 5.91 Å². The molecule has 3 heterocycles. The summed E-state index contributed by atoms with van der Waals surface area (Å²) in [7, 11) is 0. The van der Waals surface area contributed by atoms with Crippen LogP contribution in [-0.2, 0) is 12.8 Å². The molecule has 0 N–H and O–H groups in total. The van der Waals surface area contributed by atoms with Gasteiger partial charge >= 0.3 is 0 Å². The predicted octanol–water partition coefficient (Wildman–Crippen LogP) is 3.23. The van der Waals surface area contributed by atoms with Gasteiger partial charge in [0, 0.05) is 30.9 Å². The van der Waals surface area contributed by atoms with Gasteiger partial charge in [-0.05, 0) is 39.0 Å². The molecule has 1 saturated heterocycles. The summed E-state index contributed by atoms with van der Waals surface area (Å²) in [6.07, 6.45) is 11.3. The van der Waals surface area contributed by atoms with Crippen LogP contribution in [0.4, 0.5) is 0 Å². The molecule has 23 heavy (non-hydrogen) atoms. The third-order valence-electron chi connectivity index (χ3n) is 5.00. The summed E-state index contributed by atoms with van der Waals surface area (Å²) < 4.78 is 5.88. The minimum Gasteiger partial charge on any atom is -0.465 e. The lowest BCUT2D eigenvalue weighted by Gasteiger charge is -2.24. The molecule has 4 rings (SSSR count). The van der Waals surface area contributed by atoms with Gasteiger partial charge in [-0.3, -0.25) is 14.8 Å². The first kappa shape index (κ1) is 14.4. The Kier molecular flexibility index (Phi) is 3.63. The van der Waals surface area contributed by atoms with Gasteiger partial charge in [0.1, 0.15) is 11.5 Å². The van der Waals surface area contributed by atoms with E-state index in [-0.39, 0.29) is 11.9 Å². The van der Waals surface area contributed by atoms with E-state index in [0.717, 1.165) is 73.4 Å². The van der Waals surface area contributed by atoms with Gasteiger partial charge in [-0.15, -0.1) is 0 Å². The number of furan rings is 1. The largest absolute Gasteiger partial charge is 0.465 e. The molecule has 1 aliphatic carbocycles. The minimum atomic E-state index is 0.0322. The van der Waals surface area contributed by atoms with E-state index < -0.39 is 0 Å². The summed E-state index contributed by atoms with van der Waals surface area (Å²) in [6, 6.07) is 0.0322. The SMILES string of the molecule is Cc1oc2c(c1C(=O)N1CCCC1c1cnccn1)CCCC2. The number of hydrogen-bond acceptors (Lipinski definition) is 4. The van der Waals surface area contributed by atoms with E-state index in [9.17, 15) is 4.79 Å². The number of nitrogens with zero attached hydrogens (tertiary/aromatic N) is 3. The Balaban J connectivity index is 1.68. The zero-order valence-electron chi connectivity index (χ0n) is 13.4.